The SMILES string of the molecule is CC(C)[C@H](NC(=O)CCNC(=O)CI)C(=O)N[C@@H](C)C(=O)Nc1ccc(COC(=O)NCCN)cc1. The third-order valence-corrected chi connectivity index (χ3v) is 5.51. The molecule has 0 spiro atoms. The molecule has 13 heteroatoms. The van der Waals surface area contributed by atoms with Crippen molar-refractivity contribution < 1.29 is 28.7 Å². The maximum absolute atomic E-state index is 12.7. The molecule has 0 fully saturated rings. The minimum Gasteiger partial charge on any atom is -0.445 e. The Morgan fingerprint density at radius 1 is 0.917 bits per heavy atom. The van der Waals surface area contributed by atoms with Crippen LogP contribution in [0, 0.1) is 5.92 Å². The highest BCUT2D eigenvalue weighted by molar-refractivity contribution is 14.1. The Balaban J connectivity index is 2.55. The van der Waals surface area contributed by atoms with Gasteiger partial charge in [-0.3, -0.25) is 19.2 Å². The predicted molar refractivity (Wildman–Crippen MR) is 143 cm³/mol. The molecule has 0 saturated heterocycles. The number of rotatable bonds is 14. The van der Waals surface area contributed by atoms with Gasteiger partial charge < -0.3 is 37.1 Å². The Morgan fingerprint density at radius 2 is 1.58 bits per heavy atom. The number of hydrogen-bond donors (Lipinski definition) is 6. The molecule has 0 aromatic heterocycles. The van der Waals surface area contributed by atoms with Crippen LogP contribution in [0.15, 0.2) is 24.3 Å². The molecule has 7 N–H and O–H groups in total. The molecule has 0 aliphatic rings. The summed E-state index contributed by atoms with van der Waals surface area (Å²) in [7, 11) is 0. The molecule has 0 unspecified atom stereocenters. The normalized spacial score (nSPS) is 12.2. The molecule has 0 saturated carbocycles. The minimum atomic E-state index is -0.868. The number of alkyl halides is 1. The summed E-state index contributed by atoms with van der Waals surface area (Å²) in [5.41, 5.74) is 6.53. The summed E-state index contributed by atoms with van der Waals surface area (Å²) in [6.07, 6.45) is -0.532. The molecule has 1 aromatic carbocycles. The lowest BCUT2D eigenvalue weighted by molar-refractivity contribution is -0.131. The van der Waals surface area contributed by atoms with Gasteiger partial charge in [0.25, 0.3) is 0 Å². The second-order valence-corrected chi connectivity index (χ2v) is 8.99. The first-order chi connectivity index (χ1) is 17.1. The molecule has 2 atom stereocenters. The predicted octanol–water partition coefficient (Wildman–Crippen LogP) is 0.397. The Kier molecular flexibility index (Phi) is 14.4. The second-order valence-electron chi connectivity index (χ2n) is 8.23. The summed E-state index contributed by atoms with van der Waals surface area (Å²) in [5, 5.41) is 13.1. The van der Waals surface area contributed by atoms with Gasteiger partial charge in [0.2, 0.25) is 23.6 Å². The molecule has 36 heavy (non-hydrogen) atoms. The summed E-state index contributed by atoms with van der Waals surface area (Å²) in [6, 6.07) is 4.99. The van der Waals surface area contributed by atoms with Crippen molar-refractivity contribution >= 4 is 58.0 Å². The standard InChI is InChI=1S/C23H35IN6O6/c1-14(2)20(30-18(31)8-10-26-19(32)12-24)22(34)28-15(3)21(33)29-17-6-4-16(5-7-17)13-36-23(35)27-11-9-25/h4-7,14-15,20H,8-13,25H2,1-3H3,(H,26,32)(H,27,35)(H,28,34)(H,29,33)(H,30,31)/t15-,20-/m0/s1. The Hall–Kier alpha value is -2.94. The van der Waals surface area contributed by atoms with Gasteiger partial charge in [0, 0.05) is 31.7 Å². The van der Waals surface area contributed by atoms with Gasteiger partial charge in [-0.15, -0.1) is 0 Å². The zero-order valence-corrected chi connectivity index (χ0v) is 22.8. The smallest absolute Gasteiger partial charge is 0.407 e. The monoisotopic (exact) mass is 618 g/mol. The third-order valence-electron chi connectivity index (χ3n) is 4.82. The third kappa shape index (κ3) is 12.2. The Morgan fingerprint density at radius 3 is 2.17 bits per heavy atom. The van der Waals surface area contributed by atoms with E-state index in [1.54, 1.807) is 38.1 Å². The van der Waals surface area contributed by atoms with E-state index < -0.39 is 30.0 Å². The number of amides is 5. The average molecular weight is 618 g/mol. The van der Waals surface area contributed by atoms with Crippen molar-refractivity contribution in [1.82, 2.24) is 21.3 Å². The number of carbonyl (C=O) groups excluding carboxylic acids is 5. The molecular weight excluding hydrogens is 583 g/mol. The topological polar surface area (TPSA) is 181 Å². The Labute approximate surface area is 224 Å². The van der Waals surface area contributed by atoms with Crippen LogP contribution in [0.3, 0.4) is 0 Å². The first-order valence-corrected chi connectivity index (χ1v) is 13.0. The van der Waals surface area contributed by atoms with E-state index in [-0.39, 0.29) is 37.3 Å². The number of anilines is 1. The highest BCUT2D eigenvalue weighted by Crippen LogP contribution is 2.11. The molecule has 1 rings (SSSR count). The van der Waals surface area contributed by atoms with E-state index in [9.17, 15) is 24.0 Å². The highest BCUT2D eigenvalue weighted by atomic mass is 127. The van der Waals surface area contributed by atoms with E-state index in [1.165, 1.54) is 6.92 Å². The summed E-state index contributed by atoms with van der Waals surface area (Å²) in [6.45, 7) is 5.96. The van der Waals surface area contributed by atoms with Crippen LogP contribution in [0.5, 0.6) is 0 Å². The fourth-order valence-corrected chi connectivity index (χ4v) is 3.09. The number of nitrogens with two attached hydrogens (primary N) is 1. The zero-order valence-electron chi connectivity index (χ0n) is 20.7. The molecule has 0 aliphatic heterocycles. The fourth-order valence-electron chi connectivity index (χ4n) is 2.82. The maximum Gasteiger partial charge on any atom is 0.407 e. The molecule has 5 amide bonds. The van der Waals surface area contributed by atoms with Crippen molar-refractivity contribution in [2.75, 3.05) is 29.4 Å². The lowest BCUT2D eigenvalue weighted by Gasteiger charge is -2.24. The molecule has 0 bridgehead atoms. The molecular formula is C23H35IN6O6. The summed E-state index contributed by atoms with van der Waals surface area (Å²) >= 11 is 1.92. The van der Waals surface area contributed by atoms with Gasteiger partial charge in [0.1, 0.15) is 18.7 Å². The van der Waals surface area contributed by atoms with Crippen molar-refractivity contribution in [3.8, 4) is 0 Å². The number of halogens is 1. The van der Waals surface area contributed by atoms with Gasteiger partial charge in [0.05, 0.1) is 4.43 Å². The van der Waals surface area contributed by atoms with Gasteiger partial charge >= 0.3 is 6.09 Å². The summed E-state index contributed by atoms with van der Waals surface area (Å²) in [5.74, 6) is -1.70. The van der Waals surface area contributed by atoms with Gasteiger partial charge in [0.15, 0.2) is 0 Å². The van der Waals surface area contributed by atoms with Crippen molar-refractivity contribution in [2.24, 2.45) is 11.7 Å². The van der Waals surface area contributed by atoms with Crippen LogP contribution in [0.25, 0.3) is 0 Å². The van der Waals surface area contributed by atoms with Crippen molar-refractivity contribution in [2.45, 2.75) is 45.9 Å². The average Bonchev–Trinajstić information content (AvgIpc) is 2.84. The molecule has 1 aromatic rings. The van der Waals surface area contributed by atoms with Crippen LogP contribution in [-0.2, 0) is 30.5 Å². The van der Waals surface area contributed by atoms with Gasteiger partial charge in [-0.2, -0.15) is 0 Å². The van der Waals surface area contributed by atoms with Crippen LogP contribution in [0.2, 0.25) is 0 Å². The number of ether oxygens (including phenoxy) is 1. The molecule has 12 nitrogen and oxygen atoms in total. The number of nitrogens with one attached hydrogen (secondary N) is 5. The van der Waals surface area contributed by atoms with E-state index in [0.717, 1.165) is 5.56 Å². The van der Waals surface area contributed by atoms with E-state index in [2.05, 4.69) is 26.6 Å². The molecule has 0 radical (unpaired) electrons. The van der Waals surface area contributed by atoms with Crippen LogP contribution in [-0.4, -0.2) is 65.9 Å². The fraction of sp³-hybridized carbons (Fsp3) is 0.522. The zero-order chi connectivity index (χ0) is 27.1. The van der Waals surface area contributed by atoms with Gasteiger partial charge in [-0.05, 0) is 30.5 Å². The van der Waals surface area contributed by atoms with Crippen LogP contribution < -0.4 is 32.3 Å². The van der Waals surface area contributed by atoms with Gasteiger partial charge in [-0.25, -0.2) is 4.79 Å². The van der Waals surface area contributed by atoms with Crippen molar-refractivity contribution in [3.05, 3.63) is 29.8 Å². The van der Waals surface area contributed by atoms with Crippen LogP contribution in [0.1, 0.15) is 32.8 Å². The largest absolute Gasteiger partial charge is 0.445 e. The van der Waals surface area contributed by atoms with E-state index in [4.69, 9.17) is 10.5 Å². The number of benzene rings is 1. The van der Waals surface area contributed by atoms with Crippen molar-refractivity contribution in [3.63, 3.8) is 0 Å². The van der Waals surface area contributed by atoms with E-state index >= 15 is 0 Å². The second kappa shape index (κ2) is 16.7. The quantitative estimate of drug-likeness (QED) is 0.129. The highest BCUT2D eigenvalue weighted by Gasteiger charge is 2.27. The van der Waals surface area contributed by atoms with E-state index in [0.29, 0.717) is 23.2 Å². The van der Waals surface area contributed by atoms with Crippen LogP contribution in [0.4, 0.5) is 10.5 Å². The maximum atomic E-state index is 12.7. The Bertz CT molecular complexity index is 896. The number of alkyl carbamates (subject to hydrolysis) is 1. The van der Waals surface area contributed by atoms with Crippen LogP contribution >= 0.6 is 22.6 Å². The minimum absolute atomic E-state index is 0.0360. The first kappa shape index (κ1) is 31.1. The summed E-state index contributed by atoms with van der Waals surface area (Å²) in [4.78, 5) is 60.2. The molecule has 0 heterocycles. The lowest BCUT2D eigenvalue weighted by Crippen LogP contribution is -2.54. The first-order valence-electron chi connectivity index (χ1n) is 11.5. The van der Waals surface area contributed by atoms with E-state index in [1.807, 2.05) is 22.6 Å². The molecule has 200 valence electrons. The molecule has 0 aliphatic carbocycles. The van der Waals surface area contributed by atoms with Crippen molar-refractivity contribution in [1.29, 1.82) is 0 Å². The lowest BCUT2D eigenvalue weighted by atomic mass is 10.0. The van der Waals surface area contributed by atoms with Gasteiger partial charge in [-0.1, -0.05) is 48.6 Å². The number of carbonyl (C=O) groups is 5. The summed E-state index contributed by atoms with van der Waals surface area (Å²) < 4.78 is 5.35. The number of hydrogen-bond acceptors (Lipinski definition) is 7.